The molecular weight excluding hydrogens is 420 g/mol. The number of rotatable bonds is 4. The van der Waals surface area contributed by atoms with E-state index in [1.807, 2.05) is 86.6 Å². The Labute approximate surface area is 200 Å². The highest BCUT2D eigenvalue weighted by Crippen LogP contribution is 2.26. The molecule has 5 rings (SSSR count). The van der Waals surface area contributed by atoms with Crippen molar-refractivity contribution in [2.45, 2.75) is 13.8 Å². The molecule has 3 aromatic heterocycles. The largest absolute Gasteiger partial charge is 0.333 e. The van der Waals surface area contributed by atoms with Crippen molar-refractivity contribution in [2.24, 2.45) is 5.73 Å². The van der Waals surface area contributed by atoms with Crippen LogP contribution in [0.4, 0.5) is 0 Å². The summed E-state index contributed by atoms with van der Waals surface area (Å²) in [4.78, 5) is 22.6. The Balaban J connectivity index is 0.000000771. The fourth-order valence-corrected chi connectivity index (χ4v) is 3.19. The molecule has 2 aromatic carbocycles. The third-order valence-electron chi connectivity index (χ3n) is 4.72. The monoisotopic (exact) mass is 448 g/mol. The molecule has 0 bridgehead atoms. The lowest BCUT2D eigenvalue weighted by atomic mass is 10.0. The van der Waals surface area contributed by atoms with Crippen molar-refractivity contribution in [3.05, 3.63) is 104 Å². The van der Waals surface area contributed by atoms with E-state index in [4.69, 9.17) is 9.97 Å². The van der Waals surface area contributed by atoms with E-state index < -0.39 is 0 Å². The first-order chi connectivity index (χ1) is 16.9. The first-order valence-corrected chi connectivity index (χ1v) is 11.2. The van der Waals surface area contributed by atoms with Gasteiger partial charge in [0.05, 0.1) is 0 Å². The minimum Gasteiger partial charge on any atom is -0.333 e. The van der Waals surface area contributed by atoms with Crippen molar-refractivity contribution in [3.63, 3.8) is 0 Å². The summed E-state index contributed by atoms with van der Waals surface area (Å²) in [5.74, 6) is 1.79. The molecule has 0 saturated carbocycles. The van der Waals surface area contributed by atoms with E-state index in [1.165, 1.54) is 7.05 Å². The van der Waals surface area contributed by atoms with Gasteiger partial charge in [0.15, 0.2) is 17.5 Å². The average molecular weight is 449 g/mol. The fourth-order valence-electron chi connectivity index (χ4n) is 3.19. The van der Waals surface area contributed by atoms with E-state index in [0.717, 1.165) is 22.3 Å². The van der Waals surface area contributed by atoms with E-state index in [1.54, 1.807) is 18.6 Å². The topological polar surface area (TPSA) is 90.5 Å². The minimum absolute atomic E-state index is 0.553. The highest BCUT2D eigenvalue weighted by molar-refractivity contribution is 5.69. The summed E-state index contributed by atoms with van der Waals surface area (Å²) in [6.07, 6.45) is 5.32. The van der Waals surface area contributed by atoms with Gasteiger partial charge in [0.25, 0.3) is 0 Å². The Morgan fingerprint density at radius 1 is 0.471 bits per heavy atom. The number of benzene rings is 2. The minimum atomic E-state index is 0.553. The van der Waals surface area contributed by atoms with Gasteiger partial charge in [-0.1, -0.05) is 74.5 Å². The fraction of sp³-hybridized carbons (Fsp3) is 0.107. The lowest BCUT2D eigenvalue weighted by Crippen LogP contribution is -2.00. The lowest BCUT2D eigenvalue weighted by molar-refractivity contribution is 1.06. The molecule has 0 amide bonds. The second-order valence-electron chi connectivity index (χ2n) is 6.70. The third kappa shape index (κ3) is 5.94. The zero-order valence-electron chi connectivity index (χ0n) is 19.6. The first-order valence-electron chi connectivity index (χ1n) is 11.2. The Morgan fingerprint density at radius 3 is 1.56 bits per heavy atom. The quantitative estimate of drug-likeness (QED) is 0.366. The SMILES string of the molecule is CC.CN.c1ccc(-c2nc(-c3ccc(-c4ccncc4)cc3)nc(-c3ccccn3)n2)cc1. The zero-order valence-corrected chi connectivity index (χ0v) is 19.6. The van der Waals surface area contributed by atoms with E-state index in [9.17, 15) is 0 Å². The van der Waals surface area contributed by atoms with Gasteiger partial charge in [0.1, 0.15) is 5.69 Å². The molecule has 0 fully saturated rings. The lowest BCUT2D eigenvalue weighted by Gasteiger charge is -2.08. The van der Waals surface area contributed by atoms with Gasteiger partial charge in [-0.2, -0.15) is 0 Å². The number of hydrogen-bond donors (Lipinski definition) is 1. The Morgan fingerprint density at radius 2 is 0.971 bits per heavy atom. The summed E-state index contributed by atoms with van der Waals surface area (Å²) in [5, 5.41) is 0. The van der Waals surface area contributed by atoms with Gasteiger partial charge in [0, 0.05) is 29.7 Å². The molecule has 0 saturated heterocycles. The van der Waals surface area contributed by atoms with E-state index in [0.29, 0.717) is 23.2 Å². The summed E-state index contributed by atoms with van der Waals surface area (Å²) in [6, 6.07) is 27.8. The molecule has 0 radical (unpaired) electrons. The van der Waals surface area contributed by atoms with Crippen LogP contribution in [0.2, 0.25) is 0 Å². The van der Waals surface area contributed by atoms with Crippen LogP contribution in [0.3, 0.4) is 0 Å². The second-order valence-corrected chi connectivity index (χ2v) is 6.70. The maximum absolute atomic E-state index is 4.74. The summed E-state index contributed by atoms with van der Waals surface area (Å²) in [6.45, 7) is 4.00. The van der Waals surface area contributed by atoms with Crippen LogP contribution in [0.5, 0.6) is 0 Å². The zero-order chi connectivity index (χ0) is 24.2. The number of nitrogens with two attached hydrogens (primary N) is 1. The maximum atomic E-state index is 4.74. The Hall–Kier alpha value is -4.29. The average Bonchev–Trinajstić information content (AvgIpc) is 2.96. The van der Waals surface area contributed by atoms with Gasteiger partial charge in [-0.25, -0.2) is 15.0 Å². The molecule has 6 heteroatoms. The van der Waals surface area contributed by atoms with Crippen molar-refractivity contribution >= 4 is 0 Å². The summed E-state index contributed by atoms with van der Waals surface area (Å²) in [5.41, 5.74) is 9.30. The normalized spacial score (nSPS) is 9.76. The van der Waals surface area contributed by atoms with Gasteiger partial charge < -0.3 is 5.73 Å². The van der Waals surface area contributed by atoms with E-state index in [2.05, 4.69) is 32.8 Å². The van der Waals surface area contributed by atoms with Gasteiger partial charge in [-0.15, -0.1) is 0 Å². The van der Waals surface area contributed by atoms with Crippen LogP contribution in [-0.2, 0) is 0 Å². The summed E-state index contributed by atoms with van der Waals surface area (Å²) in [7, 11) is 1.50. The van der Waals surface area contributed by atoms with Crippen LogP contribution in [-0.4, -0.2) is 32.0 Å². The molecule has 5 aromatic rings. The number of hydrogen-bond acceptors (Lipinski definition) is 6. The maximum Gasteiger partial charge on any atom is 0.182 e. The number of nitrogens with zero attached hydrogens (tertiary/aromatic N) is 5. The second kappa shape index (κ2) is 12.7. The molecule has 0 unspecified atom stereocenters. The highest BCUT2D eigenvalue weighted by Gasteiger charge is 2.12. The third-order valence-corrected chi connectivity index (χ3v) is 4.72. The van der Waals surface area contributed by atoms with Crippen LogP contribution in [0.25, 0.3) is 45.4 Å². The number of pyridine rings is 2. The summed E-state index contributed by atoms with van der Waals surface area (Å²) >= 11 is 0. The first kappa shape index (κ1) is 24.4. The van der Waals surface area contributed by atoms with Crippen LogP contribution < -0.4 is 5.73 Å². The molecule has 0 atom stereocenters. The van der Waals surface area contributed by atoms with E-state index in [-0.39, 0.29) is 0 Å². The van der Waals surface area contributed by atoms with Gasteiger partial charge in [-0.05, 0) is 42.4 Å². The van der Waals surface area contributed by atoms with E-state index >= 15 is 0 Å². The molecule has 34 heavy (non-hydrogen) atoms. The molecule has 0 aliphatic heterocycles. The van der Waals surface area contributed by atoms with Crippen LogP contribution in [0.15, 0.2) is 104 Å². The highest BCUT2D eigenvalue weighted by atomic mass is 15.0. The smallest absolute Gasteiger partial charge is 0.182 e. The molecule has 0 spiro atoms. The summed E-state index contributed by atoms with van der Waals surface area (Å²) < 4.78 is 0. The molecule has 2 N–H and O–H groups in total. The van der Waals surface area contributed by atoms with Crippen LogP contribution in [0.1, 0.15) is 13.8 Å². The van der Waals surface area contributed by atoms with Crippen molar-refractivity contribution in [1.82, 2.24) is 24.9 Å². The van der Waals surface area contributed by atoms with Gasteiger partial charge in [0.2, 0.25) is 0 Å². The number of aromatic nitrogens is 5. The predicted octanol–water partition coefficient (Wildman–Crippen LogP) is 5.93. The Kier molecular flexibility index (Phi) is 9.08. The van der Waals surface area contributed by atoms with Crippen molar-refractivity contribution in [1.29, 1.82) is 0 Å². The Bertz CT molecular complexity index is 1200. The van der Waals surface area contributed by atoms with Gasteiger partial charge >= 0.3 is 0 Å². The van der Waals surface area contributed by atoms with Crippen molar-refractivity contribution < 1.29 is 0 Å². The van der Waals surface area contributed by atoms with Crippen LogP contribution >= 0.6 is 0 Å². The molecule has 3 heterocycles. The van der Waals surface area contributed by atoms with Gasteiger partial charge in [-0.3, -0.25) is 9.97 Å². The molecule has 170 valence electrons. The predicted molar refractivity (Wildman–Crippen MR) is 139 cm³/mol. The molecule has 6 nitrogen and oxygen atoms in total. The molecule has 0 aliphatic rings. The van der Waals surface area contributed by atoms with Crippen LogP contribution in [0, 0.1) is 0 Å². The molecule has 0 aliphatic carbocycles. The van der Waals surface area contributed by atoms with Crippen molar-refractivity contribution in [2.75, 3.05) is 7.05 Å². The van der Waals surface area contributed by atoms with Crippen molar-refractivity contribution in [3.8, 4) is 45.4 Å². The molecular formula is C28H28N6. The standard InChI is InChI=1S/C25H17N5.C2H6.CH5N/c1-2-6-20(7-3-1)23-28-24(30-25(29-23)22-8-4-5-15-27-22)21-11-9-18(10-12-21)19-13-16-26-17-14-19;2*1-2/h1-17H;1-2H3;2H2,1H3.